The van der Waals surface area contributed by atoms with Gasteiger partial charge in [0.15, 0.2) is 5.82 Å². The van der Waals surface area contributed by atoms with Gasteiger partial charge in [-0.1, -0.05) is 36.4 Å². The van der Waals surface area contributed by atoms with Crippen molar-refractivity contribution >= 4 is 10.8 Å². The van der Waals surface area contributed by atoms with E-state index in [2.05, 4.69) is 4.98 Å². The molecule has 1 aromatic heterocycles. The molecule has 0 aliphatic heterocycles. The highest BCUT2D eigenvalue weighted by Gasteiger charge is 2.12. The van der Waals surface area contributed by atoms with Gasteiger partial charge in [0.25, 0.3) is 5.88 Å². The first kappa shape index (κ1) is 12.6. The fraction of sp³-hybridized carbons (Fsp3) is 0.0625. The predicted octanol–water partition coefficient (Wildman–Crippen LogP) is 3.62. The Morgan fingerprint density at radius 2 is 1.85 bits per heavy atom. The van der Waals surface area contributed by atoms with E-state index in [0.717, 1.165) is 10.8 Å². The Hall–Kier alpha value is -2.46. The Bertz CT molecular complexity index is 753. The van der Waals surface area contributed by atoms with Crippen LogP contribution >= 0.6 is 0 Å². The zero-order valence-electron chi connectivity index (χ0n) is 10.7. The molecule has 0 unspecified atom stereocenters. The second-order valence-corrected chi connectivity index (χ2v) is 4.37. The van der Waals surface area contributed by atoms with Gasteiger partial charge in [-0.2, -0.15) is 0 Å². The van der Waals surface area contributed by atoms with Gasteiger partial charge in [0.2, 0.25) is 0 Å². The highest BCUT2D eigenvalue weighted by Crippen LogP contribution is 2.30. The molecule has 100 valence electrons. The van der Waals surface area contributed by atoms with Crippen LogP contribution in [0.1, 0.15) is 5.56 Å². The number of nitrogens with zero attached hydrogens (tertiary/aromatic N) is 1. The van der Waals surface area contributed by atoms with Gasteiger partial charge < -0.3 is 10.5 Å². The molecule has 0 radical (unpaired) electrons. The first-order valence-electron chi connectivity index (χ1n) is 6.28. The summed E-state index contributed by atoms with van der Waals surface area (Å²) in [6, 6.07) is 14.9. The smallest absolute Gasteiger partial charge is 0.256 e. The Kier molecular flexibility index (Phi) is 3.31. The lowest BCUT2D eigenvalue weighted by Crippen LogP contribution is -2.02. The molecule has 2 N–H and O–H groups in total. The molecule has 3 nitrogen and oxygen atoms in total. The minimum atomic E-state index is -0.511. The van der Waals surface area contributed by atoms with Crippen molar-refractivity contribution in [3.8, 4) is 11.6 Å². The summed E-state index contributed by atoms with van der Waals surface area (Å²) in [4.78, 5) is 3.94. The standard InChI is InChI=1S/C16H13FN2O/c17-15-12(10-18)8-9-19-16(15)20-14-7-3-5-11-4-1-2-6-13(11)14/h1-9H,10,18H2. The number of benzene rings is 2. The van der Waals surface area contributed by atoms with Crippen LogP contribution in [0.25, 0.3) is 10.8 Å². The molecular formula is C16H13FN2O. The van der Waals surface area contributed by atoms with E-state index in [1.165, 1.54) is 6.20 Å². The quantitative estimate of drug-likeness (QED) is 0.789. The Labute approximate surface area is 115 Å². The van der Waals surface area contributed by atoms with Gasteiger partial charge in [-0.05, 0) is 17.5 Å². The van der Waals surface area contributed by atoms with Crippen molar-refractivity contribution in [1.29, 1.82) is 0 Å². The summed E-state index contributed by atoms with van der Waals surface area (Å²) < 4.78 is 19.7. The molecule has 20 heavy (non-hydrogen) atoms. The van der Waals surface area contributed by atoms with Crippen LogP contribution in [-0.4, -0.2) is 4.98 Å². The second-order valence-electron chi connectivity index (χ2n) is 4.37. The van der Waals surface area contributed by atoms with Crippen LogP contribution in [0.3, 0.4) is 0 Å². The maximum absolute atomic E-state index is 14.1. The van der Waals surface area contributed by atoms with E-state index < -0.39 is 5.82 Å². The molecule has 0 atom stereocenters. The van der Waals surface area contributed by atoms with Crippen molar-refractivity contribution in [2.24, 2.45) is 5.73 Å². The summed E-state index contributed by atoms with van der Waals surface area (Å²) in [6.07, 6.45) is 1.49. The summed E-state index contributed by atoms with van der Waals surface area (Å²) in [5.74, 6) is 0.0101. The van der Waals surface area contributed by atoms with Gasteiger partial charge >= 0.3 is 0 Å². The molecule has 0 aliphatic carbocycles. The number of rotatable bonds is 3. The van der Waals surface area contributed by atoms with Gasteiger partial charge in [0.1, 0.15) is 5.75 Å². The number of hydrogen-bond acceptors (Lipinski definition) is 3. The van der Waals surface area contributed by atoms with Gasteiger partial charge in [0, 0.05) is 23.7 Å². The fourth-order valence-electron chi connectivity index (χ4n) is 2.08. The predicted molar refractivity (Wildman–Crippen MR) is 76.1 cm³/mol. The normalized spacial score (nSPS) is 10.7. The molecular weight excluding hydrogens is 255 g/mol. The van der Waals surface area contributed by atoms with Crippen LogP contribution in [-0.2, 0) is 6.54 Å². The van der Waals surface area contributed by atoms with E-state index in [9.17, 15) is 4.39 Å². The third-order valence-corrected chi connectivity index (χ3v) is 3.11. The minimum Gasteiger partial charge on any atom is -0.436 e. The lowest BCUT2D eigenvalue weighted by molar-refractivity contribution is 0.423. The van der Waals surface area contributed by atoms with Crippen LogP contribution in [0, 0.1) is 5.82 Å². The van der Waals surface area contributed by atoms with Gasteiger partial charge in [-0.15, -0.1) is 0 Å². The molecule has 4 heteroatoms. The van der Waals surface area contributed by atoms with E-state index in [0.29, 0.717) is 11.3 Å². The number of aromatic nitrogens is 1. The third-order valence-electron chi connectivity index (χ3n) is 3.11. The summed E-state index contributed by atoms with van der Waals surface area (Å²) in [5.41, 5.74) is 5.86. The summed E-state index contributed by atoms with van der Waals surface area (Å²) in [7, 11) is 0. The zero-order valence-corrected chi connectivity index (χ0v) is 10.7. The largest absolute Gasteiger partial charge is 0.436 e. The number of ether oxygens (including phenoxy) is 1. The first-order valence-corrected chi connectivity index (χ1v) is 6.28. The Morgan fingerprint density at radius 3 is 2.70 bits per heavy atom. The molecule has 0 saturated heterocycles. The van der Waals surface area contributed by atoms with Crippen molar-refractivity contribution in [1.82, 2.24) is 4.98 Å². The molecule has 0 amide bonds. The van der Waals surface area contributed by atoms with E-state index in [-0.39, 0.29) is 12.4 Å². The van der Waals surface area contributed by atoms with E-state index in [1.54, 1.807) is 12.1 Å². The van der Waals surface area contributed by atoms with Crippen molar-refractivity contribution in [3.05, 3.63) is 66.1 Å². The van der Waals surface area contributed by atoms with E-state index in [4.69, 9.17) is 10.5 Å². The average Bonchev–Trinajstić information content (AvgIpc) is 2.50. The number of halogens is 1. The molecule has 1 heterocycles. The zero-order chi connectivity index (χ0) is 13.9. The van der Waals surface area contributed by atoms with Crippen LogP contribution < -0.4 is 10.5 Å². The molecule has 0 aliphatic rings. The van der Waals surface area contributed by atoms with Crippen LogP contribution in [0.5, 0.6) is 11.6 Å². The van der Waals surface area contributed by atoms with Gasteiger partial charge in [0.05, 0.1) is 0 Å². The van der Waals surface area contributed by atoms with Gasteiger partial charge in [-0.3, -0.25) is 0 Å². The highest BCUT2D eigenvalue weighted by molar-refractivity contribution is 5.88. The first-order chi connectivity index (χ1) is 9.79. The van der Waals surface area contributed by atoms with E-state index in [1.807, 2.05) is 36.4 Å². The van der Waals surface area contributed by atoms with Crippen LogP contribution in [0.15, 0.2) is 54.7 Å². The summed E-state index contributed by atoms with van der Waals surface area (Å²) in [5, 5.41) is 1.94. The number of pyridine rings is 1. The maximum Gasteiger partial charge on any atom is 0.256 e. The summed E-state index contributed by atoms with van der Waals surface area (Å²) in [6.45, 7) is 0.111. The van der Waals surface area contributed by atoms with Gasteiger partial charge in [-0.25, -0.2) is 9.37 Å². The lowest BCUT2D eigenvalue weighted by atomic mass is 10.1. The van der Waals surface area contributed by atoms with Crippen molar-refractivity contribution in [3.63, 3.8) is 0 Å². The van der Waals surface area contributed by atoms with Crippen molar-refractivity contribution in [2.45, 2.75) is 6.54 Å². The topological polar surface area (TPSA) is 48.1 Å². The Balaban J connectivity index is 2.06. The van der Waals surface area contributed by atoms with Crippen molar-refractivity contribution < 1.29 is 9.13 Å². The molecule has 0 fully saturated rings. The third kappa shape index (κ3) is 2.21. The molecule has 0 saturated carbocycles. The highest BCUT2D eigenvalue weighted by atomic mass is 19.1. The number of hydrogen-bond donors (Lipinski definition) is 1. The minimum absolute atomic E-state index is 0.0516. The Morgan fingerprint density at radius 1 is 1.05 bits per heavy atom. The average molecular weight is 268 g/mol. The molecule has 0 bridgehead atoms. The monoisotopic (exact) mass is 268 g/mol. The fourth-order valence-corrected chi connectivity index (χ4v) is 2.08. The van der Waals surface area contributed by atoms with Crippen molar-refractivity contribution in [2.75, 3.05) is 0 Å². The van der Waals surface area contributed by atoms with E-state index >= 15 is 0 Å². The molecule has 0 spiro atoms. The molecule has 3 rings (SSSR count). The van der Waals surface area contributed by atoms with Crippen LogP contribution in [0.2, 0.25) is 0 Å². The number of nitrogens with two attached hydrogens (primary N) is 1. The molecule has 2 aromatic carbocycles. The molecule has 3 aromatic rings. The summed E-state index contributed by atoms with van der Waals surface area (Å²) >= 11 is 0. The van der Waals surface area contributed by atoms with Crippen LogP contribution in [0.4, 0.5) is 4.39 Å². The maximum atomic E-state index is 14.1. The lowest BCUT2D eigenvalue weighted by Gasteiger charge is -2.10. The number of fused-ring (bicyclic) bond motifs is 1. The SMILES string of the molecule is NCc1ccnc(Oc2cccc3ccccc23)c1F. The second kappa shape index (κ2) is 5.27.